The number of hydrogen-bond donors (Lipinski definition) is 0. The number of rotatable bonds is 10. The van der Waals surface area contributed by atoms with Crippen molar-refractivity contribution in [3.63, 3.8) is 0 Å². The number of para-hydroxylation sites is 4. The lowest BCUT2D eigenvalue weighted by molar-refractivity contribution is 0.569. The summed E-state index contributed by atoms with van der Waals surface area (Å²) in [7, 11) is 0. The van der Waals surface area contributed by atoms with Crippen LogP contribution in [0.4, 0.5) is 51.2 Å². The first-order valence-corrected chi connectivity index (χ1v) is 40.1. The summed E-state index contributed by atoms with van der Waals surface area (Å²) in [4.78, 5) is 7.54. The molecule has 15 aromatic carbocycles. The second kappa shape index (κ2) is 26.9. The Morgan fingerprint density at radius 3 is 1.11 bits per heavy atom. The van der Waals surface area contributed by atoms with E-state index < -0.39 is 48.4 Å². The molecule has 5 heteroatoms. The van der Waals surface area contributed by atoms with Gasteiger partial charge in [-0.3, -0.25) is 0 Å². The lowest BCUT2D eigenvalue weighted by Gasteiger charge is -2.46. The summed E-state index contributed by atoms with van der Waals surface area (Å²) in [5.41, 5.74) is 30.0. The fraction of sp³-hybridized carbons (Fsp3) is 0.174. The summed E-state index contributed by atoms with van der Waals surface area (Å²) in [6.45, 7) is 31.7. The van der Waals surface area contributed by atoms with Gasteiger partial charge < -0.3 is 19.3 Å². The molecule has 0 spiro atoms. The van der Waals surface area contributed by atoms with Crippen molar-refractivity contribution < 1.29 is 11.0 Å². The molecule has 3 aliphatic rings. The number of aromatic nitrogens is 1. The predicted molar refractivity (Wildman–Crippen MR) is 489 cm³/mol. The van der Waals surface area contributed by atoms with Gasteiger partial charge in [-0.05, 0) is 213 Å². The van der Waals surface area contributed by atoms with E-state index in [1.54, 1.807) is 4.57 Å². The Morgan fingerprint density at radius 1 is 0.281 bits per heavy atom. The van der Waals surface area contributed by atoms with E-state index in [0.717, 1.165) is 145 Å². The first kappa shape index (κ1) is 63.1. The molecule has 0 N–H and O–H groups in total. The summed E-state index contributed by atoms with van der Waals surface area (Å²) in [5, 5.41) is 0.0118. The van der Waals surface area contributed by atoms with Gasteiger partial charge in [0.05, 0.1) is 44.7 Å². The second-order valence-electron chi connectivity index (χ2n) is 36.0. The van der Waals surface area contributed by atoms with Gasteiger partial charge in [-0.25, -0.2) is 0 Å². The van der Waals surface area contributed by atoms with Crippen LogP contribution >= 0.6 is 0 Å². The monoisotopic (exact) mass is 1480 g/mol. The molecule has 0 bridgehead atoms. The summed E-state index contributed by atoms with van der Waals surface area (Å²) in [5.74, 6) is 0. The highest BCUT2D eigenvalue weighted by molar-refractivity contribution is 7.00. The van der Waals surface area contributed by atoms with Crippen LogP contribution in [-0.4, -0.2) is 11.3 Å². The highest BCUT2D eigenvalue weighted by atomic mass is 15.2. The average molecular weight is 1480 g/mol. The molecule has 0 saturated heterocycles. The molecule has 1 aromatic heterocycles. The summed E-state index contributed by atoms with van der Waals surface area (Å²) >= 11 is 0. The highest BCUT2D eigenvalue weighted by Gasteiger charge is 2.47. The standard InChI is InChI=1S/C109H97BN4/c1-105(2,3)78-58-76(59-79(64-78)106(4,5)6)75-52-55-92-98(61-75)113(103-86(70-36-20-15-21-37-70)65-80(107(7,8)9)66-87(103)71-38-22-16-23-39-71)100-62-77(74-53-57-97-91(60-74)109(13,14)90-48-32-35-51-96(90)111(97)82-44-28-19-29-45-82)63-101-102(100)110(92)93-56-54-83(112-94-49-33-30-46-84(94)85-47-31-34-50-95(85)112)69-99(93)114(101)104-88(72-40-24-17-25-41-72)67-81(108(10,11)12)68-89(104)73-42-26-18-27-43-73/h15-69H,1-14H3/i30D,31D,33D,34D,46D,47D,49D,50D. The second-order valence-corrected chi connectivity index (χ2v) is 36.0. The van der Waals surface area contributed by atoms with Crippen molar-refractivity contribution in [2.75, 3.05) is 14.7 Å². The number of hydrogen-bond acceptors (Lipinski definition) is 3. The van der Waals surface area contributed by atoms with Crippen LogP contribution in [0.2, 0.25) is 0 Å². The molecule has 0 unspecified atom stereocenters. The van der Waals surface area contributed by atoms with Crippen molar-refractivity contribution in [2.24, 2.45) is 0 Å². The Kier molecular flexibility index (Phi) is 14.9. The van der Waals surface area contributed by atoms with Crippen LogP contribution in [0.1, 0.15) is 141 Å². The Bertz CT molecular complexity index is 6760. The first-order valence-electron chi connectivity index (χ1n) is 44.1. The van der Waals surface area contributed by atoms with Gasteiger partial charge in [-0.15, -0.1) is 0 Å². The molecular weight excluding hydrogens is 1380 g/mol. The molecule has 19 rings (SSSR count). The normalized spacial score (nSPS) is 14.7. The van der Waals surface area contributed by atoms with Crippen molar-refractivity contribution in [3.8, 4) is 72.4 Å². The van der Waals surface area contributed by atoms with Crippen LogP contribution in [0.5, 0.6) is 0 Å². The maximum atomic E-state index is 10.0. The molecule has 114 heavy (non-hydrogen) atoms. The van der Waals surface area contributed by atoms with E-state index >= 15 is 0 Å². The zero-order valence-electron chi connectivity index (χ0n) is 75.5. The Morgan fingerprint density at radius 2 is 0.649 bits per heavy atom. The van der Waals surface area contributed by atoms with Crippen LogP contribution in [-0.2, 0) is 27.1 Å². The van der Waals surface area contributed by atoms with E-state index in [0.29, 0.717) is 5.69 Å². The summed E-state index contributed by atoms with van der Waals surface area (Å²) in [6, 6.07) is 102. The molecule has 3 aliphatic heterocycles. The minimum Gasteiger partial charge on any atom is -0.310 e. The molecule has 4 heterocycles. The van der Waals surface area contributed by atoms with Crippen LogP contribution in [0.15, 0.2) is 333 Å². The molecule has 0 saturated carbocycles. The van der Waals surface area contributed by atoms with Gasteiger partial charge in [-0.2, -0.15) is 0 Å². The minimum absolute atomic E-state index is 0.00588. The molecule has 0 amide bonds. The third-order valence-corrected chi connectivity index (χ3v) is 24.2. The number of nitrogens with zero attached hydrogens (tertiary/aromatic N) is 4. The van der Waals surface area contributed by atoms with Crippen molar-refractivity contribution in [1.29, 1.82) is 0 Å². The number of benzene rings is 15. The Hall–Kier alpha value is -12.4. The van der Waals surface area contributed by atoms with Gasteiger partial charge in [0.15, 0.2) is 0 Å². The zero-order valence-corrected chi connectivity index (χ0v) is 67.5. The van der Waals surface area contributed by atoms with Gasteiger partial charge in [0, 0.05) is 72.6 Å². The van der Waals surface area contributed by atoms with E-state index in [1.807, 2.05) is 6.07 Å². The lowest BCUT2D eigenvalue weighted by Crippen LogP contribution is -2.61. The molecule has 0 fully saturated rings. The number of anilines is 9. The van der Waals surface area contributed by atoms with Crippen molar-refractivity contribution in [1.82, 2.24) is 4.57 Å². The van der Waals surface area contributed by atoms with Crippen LogP contribution in [0.25, 0.3) is 94.3 Å². The van der Waals surface area contributed by atoms with Gasteiger partial charge in [0.1, 0.15) is 0 Å². The van der Waals surface area contributed by atoms with Gasteiger partial charge in [0.25, 0.3) is 6.71 Å². The maximum absolute atomic E-state index is 10.0. The molecular formula is C109H97BN4. The molecule has 0 atom stereocenters. The number of fused-ring (bicyclic) bond motifs is 9. The summed E-state index contributed by atoms with van der Waals surface area (Å²) < 4.78 is 78.4. The Balaban J connectivity index is 1.04. The van der Waals surface area contributed by atoms with Crippen LogP contribution in [0.3, 0.4) is 0 Å². The van der Waals surface area contributed by atoms with Crippen LogP contribution < -0.4 is 31.1 Å². The maximum Gasteiger partial charge on any atom is 0.252 e. The van der Waals surface area contributed by atoms with E-state index in [2.05, 4.69) is 391 Å². The van der Waals surface area contributed by atoms with E-state index in [-0.39, 0.29) is 55.6 Å². The van der Waals surface area contributed by atoms with Crippen molar-refractivity contribution in [3.05, 3.63) is 367 Å². The highest BCUT2D eigenvalue weighted by Crippen LogP contribution is 2.58. The quantitative estimate of drug-likeness (QED) is 0.127. The van der Waals surface area contributed by atoms with Crippen molar-refractivity contribution in [2.45, 2.75) is 124 Å². The van der Waals surface area contributed by atoms with E-state index in [9.17, 15) is 11.0 Å². The topological polar surface area (TPSA) is 14.7 Å². The largest absolute Gasteiger partial charge is 0.310 e. The van der Waals surface area contributed by atoms with Gasteiger partial charge in [-0.1, -0.05) is 333 Å². The minimum atomic E-state index is -0.546. The van der Waals surface area contributed by atoms with Gasteiger partial charge in [0.2, 0.25) is 0 Å². The smallest absolute Gasteiger partial charge is 0.252 e. The molecule has 0 aliphatic carbocycles. The first-order chi connectivity index (χ1) is 58.2. The van der Waals surface area contributed by atoms with E-state index in [1.165, 1.54) is 22.3 Å². The van der Waals surface area contributed by atoms with Crippen molar-refractivity contribution >= 4 is 96.1 Å². The van der Waals surface area contributed by atoms with Gasteiger partial charge >= 0.3 is 0 Å². The molecule has 0 radical (unpaired) electrons. The third kappa shape index (κ3) is 12.0. The summed E-state index contributed by atoms with van der Waals surface area (Å²) in [6.07, 6.45) is 0. The molecule has 16 aromatic rings. The average Bonchev–Trinajstić information content (AvgIpc) is 1.45. The Labute approximate surface area is 685 Å². The van der Waals surface area contributed by atoms with Crippen LogP contribution in [0, 0.1) is 0 Å². The third-order valence-electron chi connectivity index (χ3n) is 24.2. The molecule has 556 valence electrons. The lowest BCUT2D eigenvalue weighted by atomic mass is 9.33. The SMILES string of the molecule is [2H]c1c([2H])c([2H])c2c(c1[2H])c1c([2H])c([2H])c([2H])c([2H])c1n2-c1ccc2c(c1)N(c1c(-c3ccccc3)cc(C(C)(C)C)cc1-c1ccccc1)c1cc(-c3ccc4c(c3)C(C)(C)c3ccccc3N4c3ccccc3)cc3c1B2c1ccc(-c2cc(C(C)(C)C)cc(C(C)(C)C)c2)cc1N3c1c(-c2ccccc2)cc(C(C)(C)C)cc1-c1ccccc1. The van der Waals surface area contributed by atoms with E-state index in [4.69, 9.17) is 0 Å². The zero-order chi connectivity index (χ0) is 85.4. The fourth-order valence-electron chi connectivity index (χ4n) is 18.0. The predicted octanol–water partition coefficient (Wildman–Crippen LogP) is 28.2. The fourth-order valence-corrected chi connectivity index (χ4v) is 18.0. The molecule has 4 nitrogen and oxygen atoms in total.